The van der Waals surface area contributed by atoms with Gasteiger partial charge in [0.1, 0.15) is 5.01 Å². The maximum atomic E-state index is 4.95. The van der Waals surface area contributed by atoms with Crippen LogP contribution in [0.1, 0.15) is 0 Å². The number of fused-ring (bicyclic) bond motifs is 3. The van der Waals surface area contributed by atoms with E-state index in [1.165, 1.54) is 38.6 Å². The summed E-state index contributed by atoms with van der Waals surface area (Å²) in [5.41, 5.74) is 10.4. The molecule has 0 fully saturated rings. The van der Waals surface area contributed by atoms with Crippen molar-refractivity contribution < 1.29 is 0 Å². The number of thiazole rings is 1. The molecule has 0 N–H and O–H groups in total. The zero-order valence-electron chi connectivity index (χ0n) is 19.8. The van der Waals surface area contributed by atoms with Crippen molar-refractivity contribution in [1.82, 2.24) is 4.98 Å². The highest BCUT2D eigenvalue weighted by Gasteiger charge is 2.27. The molecule has 172 valence electrons. The van der Waals surface area contributed by atoms with Gasteiger partial charge in [-0.25, -0.2) is 4.98 Å². The van der Waals surface area contributed by atoms with E-state index in [1.807, 2.05) is 6.07 Å². The highest BCUT2D eigenvalue weighted by molar-refractivity contribution is 7.21. The Hall–Kier alpha value is -4.41. The Labute approximate surface area is 214 Å². The lowest BCUT2D eigenvalue weighted by molar-refractivity contribution is 1.13. The second-order valence-corrected chi connectivity index (χ2v) is 9.99. The third kappa shape index (κ3) is 3.30. The van der Waals surface area contributed by atoms with E-state index >= 15 is 0 Å². The number of benzene rings is 5. The van der Waals surface area contributed by atoms with Gasteiger partial charge in [0.2, 0.25) is 0 Å². The van der Waals surface area contributed by atoms with Crippen LogP contribution in [0.3, 0.4) is 0 Å². The van der Waals surface area contributed by atoms with Crippen molar-refractivity contribution in [2.24, 2.45) is 0 Å². The normalized spacial score (nSPS) is 12.5. The van der Waals surface area contributed by atoms with E-state index in [1.54, 1.807) is 11.3 Å². The maximum Gasteiger partial charge on any atom is 0.125 e. The van der Waals surface area contributed by atoms with Crippen LogP contribution in [0.25, 0.3) is 31.9 Å². The molecule has 6 aromatic rings. The molecule has 1 aliphatic rings. The van der Waals surface area contributed by atoms with Crippen molar-refractivity contribution >= 4 is 50.0 Å². The van der Waals surface area contributed by atoms with Crippen LogP contribution in [-0.2, 0) is 0 Å². The minimum Gasteiger partial charge on any atom is -0.341 e. The first-order valence-electron chi connectivity index (χ1n) is 12.1. The minimum atomic E-state index is 1.05. The zero-order chi connectivity index (χ0) is 24.1. The molecular weight excluding hydrogens is 458 g/mol. The lowest BCUT2D eigenvalue weighted by Crippen LogP contribution is -2.23. The van der Waals surface area contributed by atoms with E-state index in [2.05, 4.69) is 132 Å². The standard InChI is InChI=1S/C32H23N3S/c1-34-27-16-5-7-18-29(27)35(30-19-8-6-17-28(30)34)23-12-10-11-22(21-23)24-13-2-3-14-25(24)32-33-26-15-4-9-20-31(26)36-32/h2-21H,1H3. The number of hydrogen-bond donors (Lipinski definition) is 0. The summed E-state index contributed by atoms with van der Waals surface area (Å²) in [5.74, 6) is 0. The molecule has 5 aromatic carbocycles. The Morgan fingerprint density at radius 1 is 0.583 bits per heavy atom. The number of aromatic nitrogens is 1. The fourth-order valence-corrected chi connectivity index (χ4v) is 6.14. The van der Waals surface area contributed by atoms with Crippen LogP contribution >= 0.6 is 11.3 Å². The van der Waals surface area contributed by atoms with Crippen molar-refractivity contribution in [2.45, 2.75) is 0 Å². The van der Waals surface area contributed by atoms with Crippen molar-refractivity contribution in [3.8, 4) is 21.7 Å². The molecule has 2 heterocycles. The maximum absolute atomic E-state index is 4.95. The van der Waals surface area contributed by atoms with Gasteiger partial charge in [0.25, 0.3) is 0 Å². The summed E-state index contributed by atoms with van der Waals surface area (Å²) in [6, 6.07) is 43.0. The van der Waals surface area contributed by atoms with Crippen LogP contribution in [0.4, 0.5) is 28.4 Å². The molecule has 0 radical (unpaired) electrons. The van der Waals surface area contributed by atoms with Gasteiger partial charge < -0.3 is 9.80 Å². The summed E-state index contributed by atoms with van der Waals surface area (Å²) >= 11 is 1.75. The van der Waals surface area contributed by atoms with E-state index in [0.717, 1.165) is 21.8 Å². The quantitative estimate of drug-likeness (QED) is 0.251. The largest absolute Gasteiger partial charge is 0.341 e. The number of nitrogens with zero attached hydrogens (tertiary/aromatic N) is 3. The van der Waals surface area contributed by atoms with Crippen LogP contribution in [0.5, 0.6) is 0 Å². The molecule has 0 saturated carbocycles. The summed E-state index contributed by atoms with van der Waals surface area (Å²) in [5, 5.41) is 1.05. The van der Waals surface area contributed by atoms with Gasteiger partial charge in [0.15, 0.2) is 0 Å². The van der Waals surface area contributed by atoms with Gasteiger partial charge in [-0.15, -0.1) is 11.3 Å². The lowest BCUT2D eigenvalue weighted by atomic mass is 9.98. The second kappa shape index (κ2) is 8.36. The van der Waals surface area contributed by atoms with Crippen LogP contribution in [-0.4, -0.2) is 12.0 Å². The molecule has 0 amide bonds. The molecular formula is C32H23N3S. The predicted octanol–water partition coefficient (Wildman–Crippen LogP) is 9.18. The molecule has 0 aliphatic carbocycles. The number of para-hydroxylation sites is 5. The van der Waals surface area contributed by atoms with Gasteiger partial charge in [-0.05, 0) is 59.7 Å². The van der Waals surface area contributed by atoms with Gasteiger partial charge in [-0.1, -0.05) is 72.8 Å². The molecule has 1 aromatic heterocycles. The van der Waals surface area contributed by atoms with E-state index in [-0.39, 0.29) is 0 Å². The predicted molar refractivity (Wildman–Crippen MR) is 153 cm³/mol. The Morgan fingerprint density at radius 2 is 1.19 bits per heavy atom. The first-order valence-corrected chi connectivity index (χ1v) is 12.9. The lowest BCUT2D eigenvalue weighted by Gasteiger charge is -2.38. The van der Waals surface area contributed by atoms with E-state index in [9.17, 15) is 0 Å². The second-order valence-electron chi connectivity index (χ2n) is 8.95. The van der Waals surface area contributed by atoms with Gasteiger partial charge in [0.05, 0.1) is 33.0 Å². The van der Waals surface area contributed by atoms with Crippen molar-refractivity contribution in [3.63, 3.8) is 0 Å². The van der Waals surface area contributed by atoms with Crippen molar-refractivity contribution in [1.29, 1.82) is 0 Å². The van der Waals surface area contributed by atoms with E-state index in [0.29, 0.717) is 0 Å². The molecule has 0 bridgehead atoms. The molecule has 4 heteroatoms. The summed E-state index contributed by atoms with van der Waals surface area (Å²) < 4.78 is 1.21. The zero-order valence-corrected chi connectivity index (χ0v) is 20.6. The Kier molecular flexibility index (Phi) is 4.86. The van der Waals surface area contributed by atoms with Gasteiger partial charge >= 0.3 is 0 Å². The third-order valence-corrected chi connectivity index (χ3v) is 7.90. The average molecular weight is 482 g/mol. The molecule has 7 rings (SSSR count). The Morgan fingerprint density at radius 3 is 1.92 bits per heavy atom. The Bertz CT molecular complexity index is 1650. The number of rotatable bonds is 3. The number of anilines is 5. The van der Waals surface area contributed by atoms with Crippen LogP contribution in [0, 0.1) is 0 Å². The summed E-state index contributed by atoms with van der Waals surface area (Å²) in [7, 11) is 2.14. The van der Waals surface area contributed by atoms with Crippen LogP contribution in [0.2, 0.25) is 0 Å². The number of hydrogen-bond acceptors (Lipinski definition) is 4. The first kappa shape index (κ1) is 20.9. The van der Waals surface area contributed by atoms with Gasteiger partial charge in [-0.2, -0.15) is 0 Å². The van der Waals surface area contributed by atoms with Crippen LogP contribution in [0.15, 0.2) is 121 Å². The Balaban J connectivity index is 1.39. The van der Waals surface area contributed by atoms with Gasteiger partial charge in [0, 0.05) is 18.3 Å². The molecule has 0 atom stereocenters. The fraction of sp³-hybridized carbons (Fsp3) is 0.0312. The third-order valence-electron chi connectivity index (χ3n) is 6.83. The average Bonchev–Trinajstić information content (AvgIpc) is 3.38. The van der Waals surface area contributed by atoms with Crippen molar-refractivity contribution in [3.05, 3.63) is 121 Å². The van der Waals surface area contributed by atoms with Crippen LogP contribution < -0.4 is 9.80 Å². The first-order chi connectivity index (χ1) is 17.8. The molecule has 36 heavy (non-hydrogen) atoms. The fourth-order valence-electron chi connectivity index (χ4n) is 5.13. The summed E-state index contributed by atoms with van der Waals surface area (Å²) in [4.78, 5) is 9.59. The summed E-state index contributed by atoms with van der Waals surface area (Å²) in [6.45, 7) is 0. The smallest absolute Gasteiger partial charge is 0.125 e. The summed E-state index contributed by atoms with van der Waals surface area (Å²) in [6.07, 6.45) is 0. The monoisotopic (exact) mass is 481 g/mol. The molecule has 0 spiro atoms. The molecule has 3 nitrogen and oxygen atoms in total. The highest BCUT2D eigenvalue weighted by Crippen LogP contribution is 2.51. The molecule has 0 unspecified atom stereocenters. The topological polar surface area (TPSA) is 19.4 Å². The van der Waals surface area contributed by atoms with E-state index in [4.69, 9.17) is 4.98 Å². The molecule has 0 saturated heterocycles. The van der Waals surface area contributed by atoms with Crippen molar-refractivity contribution in [2.75, 3.05) is 16.8 Å². The minimum absolute atomic E-state index is 1.05. The highest BCUT2D eigenvalue weighted by atomic mass is 32.1. The SMILES string of the molecule is CN1c2ccccc2N(c2cccc(-c3ccccc3-c3nc4ccccc4s3)c2)c2ccccc21. The van der Waals surface area contributed by atoms with Gasteiger partial charge in [-0.3, -0.25) is 0 Å². The van der Waals surface area contributed by atoms with E-state index < -0.39 is 0 Å². The molecule has 1 aliphatic heterocycles.